The molecule has 0 amide bonds. The van der Waals surface area contributed by atoms with Crippen molar-refractivity contribution in [2.45, 2.75) is 6.42 Å². The molecule has 0 aliphatic carbocycles. The Balaban J connectivity index is 0.00000200. The second kappa shape index (κ2) is 7.47. The van der Waals surface area contributed by atoms with Crippen molar-refractivity contribution in [1.82, 2.24) is 15.2 Å². The molecule has 20 heavy (non-hydrogen) atoms. The monoisotopic (exact) mass is 390 g/mol. The summed E-state index contributed by atoms with van der Waals surface area (Å²) in [5.74, 6) is 0.637. The van der Waals surface area contributed by atoms with E-state index in [-0.39, 0.29) is 29.8 Å². The maximum absolute atomic E-state index is 13.1. The van der Waals surface area contributed by atoms with E-state index in [1.54, 1.807) is 7.05 Å². The van der Waals surface area contributed by atoms with Crippen LogP contribution in [-0.2, 0) is 6.42 Å². The van der Waals surface area contributed by atoms with Crippen LogP contribution in [0.4, 0.5) is 4.39 Å². The van der Waals surface area contributed by atoms with Gasteiger partial charge in [0, 0.05) is 44.8 Å². The van der Waals surface area contributed by atoms with E-state index in [2.05, 4.69) is 15.3 Å². The number of guanidine groups is 1. The van der Waals surface area contributed by atoms with Gasteiger partial charge in [0.1, 0.15) is 5.82 Å². The maximum Gasteiger partial charge on any atom is 0.193 e. The number of rotatable bonds is 3. The summed E-state index contributed by atoms with van der Waals surface area (Å²) < 4.78 is 13.1. The molecular weight excluding hydrogens is 370 g/mol. The lowest BCUT2D eigenvalue weighted by Crippen LogP contribution is -2.37. The molecule has 0 aliphatic heterocycles. The number of aliphatic imine (C=N–C) groups is 1. The Hall–Kier alpha value is -1.31. The third-order valence-corrected chi connectivity index (χ3v) is 3.04. The number of nitrogens with one attached hydrogen (secondary N) is 2. The molecule has 0 saturated carbocycles. The molecule has 0 saturated heterocycles. The molecule has 0 atom stereocenters. The van der Waals surface area contributed by atoms with Gasteiger partial charge < -0.3 is 15.2 Å². The van der Waals surface area contributed by atoms with Crippen molar-refractivity contribution < 1.29 is 4.39 Å². The van der Waals surface area contributed by atoms with Crippen LogP contribution in [0.3, 0.4) is 0 Å². The summed E-state index contributed by atoms with van der Waals surface area (Å²) in [5.41, 5.74) is 2.02. The lowest BCUT2D eigenvalue weighted by Gasteiger charge is -2.16. The van der Waals surface area contributed by atoms with Gasteiger partial charge in [0.15, 0.2) is 5.96 Å². The van der Waals surface area contributed by atoms with Gasteiger partial charge >= 0.3 is 0 Å². The van der Waals surface area contributed by atoms with Gasteiger partial charge in [-0.2, -0.15) is 0 Å². The fraction of sp³-hybridized carbons (Fsp3) is 0.357. The van der Waals surface area contributed by atoms with E-state index in [0.29, 0.717) is 0 Å². The summed E-state index contributed by atoms with van der Waals surface area (Å²) >= 11 is 0. The van der Waals surface area contributed by atoms with Gasteiger partial charge in [-0.15, -0.1) is 24.0 Å². The summed E-state index contributed by atoms with van der Waals surface area (Å²) in [5, 5.41) is 4.34. The number of benzene rings is 1. The molecule has 2 aromatic rings. The molecule has 1 aromatic heterocycles. The molecule has 0 radical (unpaired) electrons. The predicted octanol–water partition coefficient (Wildman–Crippen LogP) is 2.60. The molecule has 0 bridgehead atoms. The number of halogens is 2. The van der Waals surface area contributed by atoms with Crippen LogP contribution in [0.5, 0.6) is 0 Å². The highest BCUT2D eigenvalue weighted by Gasteiger charge is 2.05. The second-order valence-electron chi connectivity index (χ2n) is 4.62. The summed E-state index contributed by atoms with van der Waals surface area (Å²) in [7, 11) is 5.66. The molecule has 1 heterocycles. The van der Waals surface area contributed by atoms with Gasteiger partial charge in [-0.05, 0) is 30.2 Å². The van der Waals surface area contributed by atoms with Crippen LogP contribution in [0.15, 0.2) is 29.4 Å². The molecular formula is C14H20FIN4. The second-order valence-corrected chi connectivity index (χ2v) is 4.62. The normalized spacial score (nSPS) is 11.3. The van der Waals surface area contributed by atoms with Crippen LogP contribution >= 0.6 is 24.0 Å². The standard InChI is InChI=1S/C14H19FN4.HI/c1-16-14(19(2)3)17-7-6-10-9-18-13-8-11(15)4-5-12(10)13;/h4-5,8-9,18H,6-7H2,1-3H3,(H,16,17);1H. The maximum atomic E-state index is 13.1. The van der Waals surface area contributed by atoms with E-state index in [1.807, 2.05) is 31.3 Å². The van der Waals surface area contributed by atoms with Crippen molar-refractivity contribution in [3.8, 4) is 0 Å². The quantitative estimate of drug-likeness (QED) is 0.481. The summed E-state index contributed by atoms with van der Waals surface area (Å²) in [6.45, 7) is 0.787. The molecule has 2 rings (SSSR count). The average molecular weight is 390 g/mol. The van der Waals surface area contributed by atoms with E-state index >= 15 is 0 Å². The SMILES string of the molecule is CN=C(NCCc1c[nH]c2cc(F)ccc12)N(C)C.I. The molecule has 110 valence electrons. The summed E-state index contributed by atoms with van der Waals surface area (Å²) in [6.07, 6.45) is 2.79. The number of H-pyrrole nitrogens is 1. The van der Waals surface area contributed by atoms with Gasteiger partial charge in [-0.1, -0.05) is 0 Å². The minimum atomic E-state index is -0.216. The first kappa shape index (κ1) is 16.7. The first-order valence-corrected chi connectivity index (χ1v) is 6.25. The highest BCUT2D eigenvalue weighted by Crippen LogP contribution is 2.19. The Morgan fingerprint density at radius 3 is 2.80 bits per heavy atom. The fourth-order valence-corrected chi connectivity index (χ4v) is 2.11. The van der Waals surface area contributed by atoms with Crippen molar-refractivity contribution in [2.24, 2.45) is 4.99 Å². The van der Waals surface area contributed by atoms with Crippen LogP contribution in [0.25, 0.3) is 10.9 Å². The van der Waals surface area contributed by atoms with Crippen molar-refractivity contribution >= 4 is 40.8 Å². The number of hydrogen-bond donors (Lipinski definition) is 2. The summed E-state index contributed by atoms with van der Waals surface area (Å²) in [4.78, 5) is 9.18. The smallest absolute Gasteiger partial charge is 0.193 e. The number of aromatic amines is 1. The Bertz CT molecular complexity index is 592. The number of aromatic nitrogens is 1. The number of fused-ring (bicyclic) bond motifs is 1. The third kappa shape index (κ3) is 3.84. The predicted molar refractivity (Wildman–Crippen MR) is 92.4 cm³/mol. The van der Waals surface area contributed by atoms with Crippen LogP contribution in [-0.4, -0.2) is 43.5 Å². The highest BCUT2D eigenvalue weighted by molar-refractivity contribution is 14.0. The van der Waals surface area contributed by atoms with E-state index < -0.39 is 0 Å². The van der Waals surface area contributed by atoms with E-state index in [1.165, 1.54) is 17.7 Å². The van der Waals surface area contributed by atoms with Crippen LogP contribution < -0.4 is 5.32 Å². The van der Waals surface area contributed by atoms with Crippen molar-refractivity contribution in [3.63, 3.8) is 0 Å². The van der Waals surface area contributed by atoms with E-state index in [0.717, 1.165) is 29.8 Å². The molecule has 0 unspecified atom stereocenters. The lowest BCUT2D eigenvalue weighted by molar-refractivity contribution is 0.583. The van der Waals surface area contributed by atoms with Crippen LogP contribution in [0, 0.1) is 5.82 Å². The molecule has 1 aromatic carbocycles. The van der Waals surface area contributed by atoms with Crippen molar-refractivity contribution in [2.75, 3.05) is 27.7 Å². The average Bonchev–Trinajstić information content (AvgIpc) is 2.76. The topological polar surface area (TPSA) is 43.4 Å². The first-order valence-electron chi connectivity index (χ1n) is 6.25. The zero-order valence-corrected chi connectivity index (χ0v) is 14.2. The molecule has 4 nitrogen and oxygen atoms in total. The van der Waals surface area contributed by atoms with E-state index in [9.17, 15) is 4.39 Å². The Kier molecular flexibility index (Phi) is 6.25. The molecule has 0 fully saturated rings. The molecule has 0 spiro atoms. The molecule has 2 N–H and O–H groups in total. The van der Waals surface area contributed by atoms with Crippen molar-refractivity contribution in [3.05, 3.63) is 35.8 Å². The molecule has 0 aliphatic rings. The van der Waals surface area contributed by atoms with Gasteiger partial charge in [0.25, 0.3) is 0 Å². The van der Waals surface area contributed by atoms with Gasteiger partial charge in [0.05, 0.1) is 0 Å². The van der Waals surface area contributed by atoms with Crippen LogP contribution in [0.2, 0.25) is 0 Å². The van der Waals surface area contributed by atoms with Gasteiger partial charge in [-0.3, -0.25) is 4.99 Å². The minimum absolute atomic E-state index is 0. The molecule has 6 heteroatoms. The number of hydrogen-bond acceptors (Lipinski definition) is 1. The number of nitrogens with zero attached hydrogens (tertiary/aromatic N) is 2. The zero-order chi connectivity index (χ0) is 13.8. The van der Waals surface area contributed by atoms with Crippen molar-refractivity contribution in [1.29, 1.82) is 0 Å². The highest BCUT2D eigenvalue weighted by atomic mass is 127. The van der Waals surface area contributed by atoms with Gasteiger partial charge in [0.2, 0.25) is 0 Å². The van der Waals surface area contributed by atoms with E-state index in [4.69, 9.17) is 0 Å². The third-order valence-electron chi connectivity index (χ3n) is 3.04. The Morgan fingerprint density at radius 1 is 1.40 bits per heavy atom. The van der Waals surface area contributed by atoms with Gasteiger partial charge in [-0.25, -0.2) is 4.39 Å². The Morgan fingerprint density at radius 2 is 2.15 bits per heavy atom. The largest absolute Gasteiger partial charge is 0.361 e. The summed E-state index contributed by atoms with van der Waals surface area (Å²) in [6, 6.07) is 4.83. The zero-order valence-electron chi connectivity index (χ0n) is 11.9. The minimum Gasteiger partial charge on any atom is -0.361 e. The fourth-order valence-electron chi connectivity index (χ4n) is 2.11. The van der Waals surface area contributed by atoms with Crippen LogP contribution in [0.1, 0.15) is 5.56 Å². The lowest BCUT2D eigenvalue weighted by atomic mass is 10.1. The Labute approximate surface area is 135 Å². The first-order chi connectivity index (χ1) is 9.11.